The summed E-state index contributed by atoms with van der Waals surface area (Å²) in [5.41, 5.74) is 2.34. The van der Waals surface area contributed by atoms with Gasteiger partial charge in [-0.2, -0.15) is 5.10 Å². The number of nitrogens with one attached hydrogen (secondary N) is 1. The number of amides is 1. The molecule has 5 heteroatoms. The van der Waals surface area contributed by atoms with Crippen molar-refractivity contribution in [3.05, 3.63) is 53.1 Å². The molecule has 1 heterocycles. The van der Waals surface area contributed by atoms with Crippen LogP contribution in [0.3, 0.4) is 0 Å². The predicted molar refractivity (Wildman–Crippen MR) is 75.1 cm³/mol. The molecule has 2 aromatic rings. The number of hydrogen-bond donors (Lipinski definition) is 1. The third kappa shape index (κ3) is 3.23. The normalized spacial score (nSPS) is 12.2. The molecule has 1 atom stereocenters. The van der Waals surface area contributed by atoms with Crippen molar-refractivity contribution < 1.29 is 9.18 Å². The highest BCUT2D eigenvalue weighted by Gasteiger charge is 2.13. The summed E-state index contributed by atoms with van der Waals surface area (Å²) in [6, 6.07) is 8.08. The molecule has 0 bridgehead atoms. The maximum atomic E-state index is 12.9. The molecule has 0 saturated heterocycles. The van der Waals surface area contributed by atoms with Crippen LogP contribution in [0.4, 0.5) is 4.39 Å². The molecule has 106 valence electrons. The topological polar surface area (TPSA) is 46.9 Å². The van der Waals surface area contributed by atoms with Crippen LogP contribution in [0.15, 0.2) is 30.3 Å². The van der Waals surface area contributed by atoms with Crippen LogP contribution < -0.4 is 5.32 Å². The van der Waals surface area contributed by atoms with E-state index < -0.39 is 0 Å². The van der Waals surface area contributed by atoms with E-state index in [-0.39, 0.29) is 17.6 Å². The van der Waals surface area contributed by atoms with Gasteiger partial charge in [0.15, 0.2) is 0 Å². The Labute approximate surface area is 117 Å². The second-order valence-electron chi connectivity index (χ2n) is 4.96. The van der Waals surface area contributed by atoms with Crippen LogP contribution >= 0.6 is 0 Å². The van der Waals surface area contributed by atoms with Gasteiger partial charge in [0.25, 0.3) is 5.91 Å². The van der Waals surface area contributed by atoms with E-state index in [0.717, 1.165) is 11.3 Å². The highest BCUT2D eigenvalue weighted by atomic mass is 19.1. The van der Waals surface area contributed by atoms with Crippen molar-refractivity contribution in [1.82, 2.24) is 15.1 Å². The summed E-state index contributed by atoms with van der Waals surface area (Å²) in [5.74, 6) is -0.286. The first-order chi connectivity index (χ1) is 9.47. The highest BCUT2D eigenvalue weighted by molar-refractivity contribution is 5.92. The van der Waals surface area contributed by atoms with Crippen molar-refractivity contribution in [2.75, 3.05) is 6.54 Å². The molecule has 0 radical (unpaired) electrons. The van der Waals surface area contributed by atoms with Crippen LogP contribution in [0.5, 0.6) is 0 Å². The minimum absolute atomic E-state index is 0.119. The van der Waals surface area contributed by atoms with Crippen LogP contribution in [0, 0.1) is 12.7 Å². The minimum atomic E-state index is -0.254. The molecule has 1 aromatic carbocycles. The Bertz CT molecular complexity index is 604. The van der Waals surface area contributed by atoms with E-state index in [2.05, 4.69) is 10.4 Å². The zero-order valence-corrected chi connectivity index (χ0v) is 11.9. The van der Waals surface area contributed by atoms with Crippen molar-refractivity contribution >= 4 is 5.91 Å². The lowest BCUT2D eigenvalue weighted by atomic mass is 10.0. The molecule has 20 heavy (non-hydrogen) atoms. The van der Waals surface area contributed by atoms with Crippen molar-refractivity contribution in [3.8, 4) is 0 Å². The van der Waals surface area contributed by atoms with Gasteiger partial charge in [-0.05, 0) is 36.6 Å². The van der Waals surface area contributed by atoms with Gasteiger partial charge in [0.05, 0.1) is 5.69 Å². The Balaban J connectivity index is 1.96. The Kier molecular flexibility index (Phi) is 4.17. The molecule has 0 aliphatic heterocycles. The Morgan fingerprint density at radius 3 is 2.60 bits per heavy atom. The summed E-state index contributed by atoms with van der Waals surface area (Å²) in [5, 5.41) is 7.01. The van der Waals surface area contributed by atoms with E-state index in [0.29, 0.717) is 12.2 Å². The molecule has 1 unspecified atom stereocenters. The SMILES string of the molecule is Cc1cc(C(=O)NCC(C)c2ccc(F)cc2)n(C)n1. The number of aryl methyl sites for hydroxylation is 2. The van der Waals surface area contributed by atoms with Gasteiger partial charge in [0, 0.05) is 13.6 Å². The van der Waals surface area contributed by atoms with Crippen molar-refractivity contribution in [2.45, 2.75) is 19.8 Å². The summed E-state index contributed by atoms with van der Waals surface area (Å²) in [7, 11) is 1.74. The molecular weight excluding hydrogens is 257 g/mol. The van der Waals surface area contributed by atoms with Crippen molar-refractivity contribution in [3.63, 3.8) is 0 Å². The molecule has 1 aromatic heterocycles. The van der Waals surface area contributed by atoms with E-state index in [1.807, 2.05) is 13.8 Å². The summed E-state index contributed by atoms with van der Waals surface area (Å²) >= 11 is 0. The molecule has 0 fully saturated rings. The van der Waals surface area contributed by atoms with E-state index in [4.69, 9.17) is 0 Å². The molecule has 0 saturated carbocycles. The zero-order chi connectivity index (χ0) is 14.7. The van der Waals surface area contributed by atoms with Gasteiger partial charge in [-0.3, -0.25) is 9.48 Å². The standard InChI is InChI=1S/C15H18FN3O/c1-10(12-4-6-13(16)7-5-12)9-17-15(20)14-8-11(2)18-19(14)3/h4-8,10H,9H2,1-3H3,(H,17,20). The van der Waals surface area contributed by atoms with Crippen molar-refractivity contribution in [1.29, 1.82) is 0 Å². The third-order valence-electron chi connectivity index (χ3n) is 3.24. The van der Waals surface area contributed by atoms with Crippen LogP contribution in [0.25, 0.3) is 0 Å². The fourth-order valence-electron chi connectivity index (χ4n) is 2.07. The number of hydrogen-bond acceptors (Lipinski definition) is 2. The van der Waals surface area contributed by atoms with Gasteiger partial charge >= 0.3 is 0 Å². The lowest BCUT2D eigenvalue weighted by molar-refractivity contribution is 0.0942. The van der Waals surface area contributed by atoms with Gasteiger partial charge in [0.1, 0.15) is 11.5 Å². The summed E-state index contributed by atoms with van der Waals surface area (Å²) in [6.45, 7) is 4.33. The largest absolute Gasteiger partial charge is 0.350 e. The maximum absolute atomic E-state index is 12.9. The fraction of sp³-hybridized carbons (Fsp3) is 0.333. The minimum Gasteiger partial charge on any atom is -0.350 e. The van der Waals surface area contributed by atoms with Gasteiger partial charge in [-0.15, -0.1) is 0 Å². The molecule has 0 spiro atoms. The second kappa shape index (κ2) is 5.86. The Morgan fingerprint density at radius 1 is 1.40 bits per heavy atom. The second-order valence-corrected chi connectivity index (χ2v) is 4.96. The Morgan fingerprint density at radius 2 is 2.05 bits per heavy atom. The number of benzene rings is 1. The first kappa shape index (κ1) is 14.2. The number of carbonyl (C=O) groups excluding carboxylic acids is 1. The average Bonchev–Trinajstić information content (AvgIpc) is 2.75. The van der Waals surface area contributed by atoms with Crippen LogP contribution in [-0.4, -0.2) is 22.2 Å². The predicted octanol–water partition coefficient (Wildman–Crippen LogP) is 2.40. The molecular formula is C15H18FN3O. The maximum Gasteiger partial charge on any atom is 0.269 e. The van der Waals surface area contributed by atoms with Crippen LogP contribution in [-0.2, 0) is 7.05 Å². The number of rotatable bonds is 4. The summed E-state index contributed by atoms with van der Waals surface area (Å²) < 4.78 is 14.4. The van der Waals surface area contributed by atoms with Gasteiger partial charge in [0.2, 0.25) is 0 Å². The van der Waals surface area contributed by atoms with E-state index in [1.54, 1.807) is 29.9 Å². The van der Waals surface area contributed by atoms with Crippen LogP contribution in [0.1, 0.15) is 34.6 Å². The van der Waals surface area contributed by atoms with E-state index in [9.17, 15) is 9.18 Å². The first-order valence-corrected chi connectivity index (χ1v) is 6.51. The lowest BCUT2D eigenvalue weighted by Gasteiger charge is -2.13. The lowest BCUT2D eigenvalue weighted by Crippen LogP contribution is -2.29. The number of aromatic nitrogens is 2. The van der Waals surface area contributed by atoms with Gasteiger partial charge < -0.3 is 5.32 Å². The quantitative estimate of drug-likeness (QED) is 0.931. The molecule has 1 amide bonds. The zero-order valence-electron chi connectivity index (χ0n) is 11.9. The molecule has 4 nitrogen and oxygen atoms in total. The van der Waals surface area contributed by atoms with Gasteiger partial charge in [-0.1, -0.05) is 19.1 Å². The smallest absolute Gasteiger partial charge is 0.269 e. The van der Waals surface area contributed by atoms with Crippen molar-refractivity contribution in [2.24, 2.45) is 7.05 Å². The Hall–Kier alpha value is -2.17. The third-order valence-corrected chi connectivity index (χ3v) is 3.24. The number of nitrogens with zero attached hydrogens (tertiary/aromatic N) is 2. The number of halogens is 1. The fourth-order valence-corrected chi connectivity index (χ4v) is 2.07. The molecule has 1 N–H and O–H groups in total. The monoisotopic (exact) mass is 275 g/mol. The van der Waals surface area contributed by atoms with E-state index in [1.165, 1.54) is 12.1 Å². The summed E-state index contributed by atoms with van der Waals surface area (Å²) in [4.78, 5) is 12.0. The van der Waals surface area contributed by atoms with Gasteiger partial charge in [-0.25, -0.2) is 4.39 Å². The molecule has 0 aliphatic carbocycles. The van der Waals surface area contributed by atoms with E-state index >= 15 is 0 Å². The summed E-state index contributed by atoms with van der Waals surface area (Å²) in [6.07, 6.45) is 0. The van der Waals surface area contributed by atoms with Crippen LogP contribution in [0.2, 0.25) is 0 Å². The number of carbonyl (C=O) groups is 1. The highest BCUT2D eigenvalue weighted by Crippen LogP contribution is 2.14. The molecule has 2 rings (SSSR count). The molecule has 0 aliphatic rings. The average molecular weight is 275 g/mol. The first-order valence-electron chi connectivity index (χ1n) is 6.51.